The lowest BCUT2D eigenvalue weighted by atomic mass is 9.80. The topological polar surface area (TPSA) is 122 Å². The van der Waals surface area contributed by atoms with Gasteiger partial charge in [-0.05, 0) is 25.0 Å². The van der Waals surface area contributed by atoms with E-state index in [1.165, 1.54) is 37.3 Å². The molecule has 9 nitrogen and oxygen atoms in total. The first-order valence-electron chi connectivity index (χ1n) is 10.5. The normalized spacial score (nSPS) is 23.5. The lowest BCUT2D eigenvalue weighted by Gasteiger charge is -2.25. The second-order valence-corrected chi connectivity index (χ2v) is 9.24. The molecule has 33 heavy (non-hydrogen) atoms. The van der Waals surface area contributed by atoms with Gasteiger partial charge in [-0.25, -0.2) is 14.1 Å². The van der Waals surface area contributed by atoms with Crippen molar-refractivity contribution in [2.24, 2.45) is 0 Å². The summed E-state index contributed by atoms with van der Waals surface area (Å²) >= 11 is 6.90. The lowest BCUT2D eigenvalue weighted by Crippen LogP contribution is -2.26. The van der Waals surface area contributed by atoms with E-state index in [-0.39, 0.29) is 22.9 Å². The van der Waals surface area contributed by atoms with Crippen LogP contribution in [-0.2, 0) is 5.41 Å². The number of nitrogens with zero attached hydrogens (tertiary/aromatic N) is 5. The Morgan fingerprint density at radius 2 is 2.15 bits per heavy atom. The van der Waals surface area contributed by atoms with E-state index < -0.39 is 23.2 Å². The highest BCUT2D eigenvalue weighted by Gasteiger charge is 2.52. The Hall–Kier alpha value is -3.24. The predicted octanol–water partition coefficient (Wildman–Crippen LogP) is 2.48. The van der Waals surface area contributed by atoms with E-state index in [1.807, 2.05) is 0 Å². The number of aliphatic hydroxyl groups excluding tert-OH is 1. The van der Waals surface area contributed by atoms with E-state index in [0.717, 1.165) is 5.56 Å². The number of benzene rings is 1. The molecule has 2 aromatic heterocycles. The van der Waals surface area contributed by atoms with Gasteiger partial charge in [-0.1, -0.05) is 16.8 Å². The third-order valence-corrected chi connectivity index (χ3v) is 7.04. The van der Waals surface area contributed by atoms with Crippen LogP contribution in [-0.4, -0.2) is 62.6 Å². The maximum absolute atomic E-state index is 15.6. The summed E-state index contributed by atoms with van der Waals surface area (Å²) in [6.45, 7) is 0.537. The fourth-order valence-corrected chi connectivity index (χ4v) is 5.49. The Balaban J connectivity index is 1.61. The summed E-state index contributed by atoms with van der Waals surface area (Å²) in [7, 11) is 3.06. The number of carbonyl (C=O) groups excluding carboxylic acids is 1. The number of nitrogens with one attached hydrogen (secondary N) is 1. The van der Waals surface area contributed by atoms with E-state index in [4.69, 9.17) is 17.3 Å². The van der Waals surface area contributed by atoms with E-state index in [1.54, 1.807) is 17.1 Å². The number of fused-ring (bicyclic) bond motifs is 2. The van der Waals surface area contributed by atoms with Gasteiger partial charge in [0.05, 0.1) is 28.9 Å². The average Bonchev–Trinajstić information content (AvgIpc) is 3.49. The summed E-state index contributed by atoms with van der Waals surface area (Å²) in [6.07, 6.45) is 5.14. The molecule has 0 bridgehead atoms. The van der Waals surface area contributed by atoms with Crippen LogP contribution < -0.4 is 11.1 Å². The van der Waals surface area contributed by atoms with Gasteiger partial charge in [-0.15, -0.1) is 5.10 Å². The van der Waals surface area contributed by atoms with E-state index in [2.05, 4.69) is 20.6 Å². The van der Waals surface area contributed by atoms with Gasteiger partial charge in [0.1, 0.15) is 11.6 Å². The first-order chi connectivity index (χ1) is 15.7. The van der Waals surface area contributed by atoms with Crippen LogP contribution in [0.1, 0.15) is 34.8 Å². The summed E-state index contributed by atoms with van der Waals surface area (Å²) in [5, 5.41) is 22.3. The minimum Gasteiger partial charge on any atom is -0.398 e. The van der Waals surface area contributed by atoms with Crippen LogP contribution in [0.3, 0.4) is 0 Å². The molecule has 11 heteroatoms. The largest absolute Gasteiger partial charge is 0.398 e. The zero-order chi connectivity index (χ0) is 23.5. The van der Waals surface area contributed by atoms with Crippen molar-refractivity contribution in [2.45, 2.75) is 30.4 Å². The number of carbonyl (C=O) groups is 1. The molecule has 1 spiro atoms. The number of aromatic nitrogens is 4. The van der Waals surface area contributed by atoms with Gasteiger partial charge in [0.15, 0.2) is 0 Å². The SMILES string of the molecule is CN(C)C(=O)c1c(N)ccc(-c2cnc3c(c2Cl)C2(CN3)CC(O)C(n3ccnn3)C2)c1F. The molecule has 4 N–H and O–H groups in total. The highest BCUT2D eigenvalue weighted by Crippen LogP contribution is 2.54. The molecule has 1 aliphatic carbocycles. The molecule has 1 aromatic carbocycles. The molecule has 0 saturated heterocycles. The second kappa shape index (κ2) is 7.67. The van der Waals surface area contributed by atoms with E-state index in [0.29, 0.717) is 35.8 Å². The predicted molar refractivity (Wildman–Crippen MR) is 122 cm³/mol. The van der Waals surface area contributed by atoms with Crippen molar-refractivity contribution in [1.29, 1.82) is 0 Å². The monoisotopic (exact) mass is 471 g/mol. The fourth-order valence-electron chi connectivity index (χ4n) is 5.04. The standard InChI is InChI=1S/C22H23ClFN7O2/c1-30(2)21(33)16-13(25)4-3-11(19(16)24)12-9-26-20-17(18(12)23)22(10-27-20)7-14(15(32)8-22)31-6-5-28-29-31/h3-6,9,14-15,32H,7-8,10,25H2,1-2H3,(H,26,27). The Labute approximate surface area is 194 Å². The third-order valence-electron chi connectivity index (χ3n) is 6.65. The van der Waals surface area contributed by atoms with Crippen LogP contribution in [0.15, 0.2) is 30.7 Å². The van der Waals surface area contributed by atoms with Crippen molar-refractivity contribution in [2.75, 3.05) is 31.7 Å². The molecule has 172 valence electrons. The molecule has 3 atom stereocenters. The summed E-state index contributed by atoms with van der Waals surface area (Å²) in [4.78, 5) is 18.3. The van der Waals surface area contributed by atoms with Crippen molar-refractivity contribution >= 4 is 29.0 Å². The van der Waals surface area contributed by atoms with Crippen LogP contribution in [0.4, 0.5) is 15.9 Å². The van der Waals surface area contributed by atoms with Gasteiger partial charge >= 0.3 is 0 Å². The number of nitrogens with two attached hydrogens (primary N) is 1. The molecule has 3 aromatic rings. The molecule has 1 fully saturated rings. The van der Waals surface area contributed by atoms with Crippen molar-refractivity contribution in [3.8, 4) is 11.1 Å². The first kappa shape index (κ1) is 21.6. The number of halogens is 2. The number of hydrogen-bond donors (Lipinski definition) is 3. The molecule has 3 unspecified atom stereocenters. The van der Waals surface area contributed by atoms with Crippen LogP contribution in [0, 0.1) is 5.82 Å². The first-order valence-corrected chi connectivity index (χ1v) is 10.9. The number of aliphatic hydroxyl groups is 1. The highest BCUT2D eigenvalue weighted by atomic mass is 35.5. The zero-order valence-corrected chi connectivity index (χ0v) is 18.8. The summed E-state index contributed by atoms with van der Waals surface area (Å²) in [5.41, 5.74) is 6.50. The Morgan fingerprint density at radius 3 is 2.85 bits per heavy atom. The van der Waals surface area contributed by atoms with E-state index >= 15 is 4.39 Å². The van der Waals surface area contributed by atoms with Gasteiger partial charge in [0, 0.05) is 60.8 Å². The van der Waals surface area contributed by atoms with Crippen molar-refractivity contribution in [3.05, 3.63) is 52.7 Å². The van der Waals surface area contributed by atoms with Gasteiger partial charge in [0.2, 0.25) is 0 Å². The molecule has 3 heterocycles. The van der Waals surface area contributed by atoms with Crippen molar-refractivity contribution in [3.63, 3.8) is 0 Å². The molecule has 0 radical (unpaired) electrons. The summed E-state index contributed by atoms with van der Waals surface area (Å²) < 4.78 is 17.2. The molecular formula is C22H23ClFN7O2. The minimum absolute atomic E-state index is 0.0490. The molecular weight excluding hydrogens is 449 g/mol. The second-order valence-electron chi connectivity index (χ2n) is 8.86. The molecule has 1 amide bonds. The van der Waals surface area contributed by atoms with Crippen molar-refractivity contribution < 1.29 is 14.3 Å². The third kappa shape index (κ3) is 3.24. The number of anilines is 2. The number of rotatable bonds is 3. The van der Waals surface area contributed by atoms with Crippen LogP contribution in [0.5, 0.6) is 0 Å². The number of nitrogen functional groups attached to an aromatic ring is 1. The molecule has 5 rings (SSSR count). The van der Waals surface area contributed by atoms with Gasteiger partial charge in [0.25, 0.3) is 5.91 Å². The maximum atomic E-state index is 15.6. The number of pyridine rings is 1. The molecule has 1 aliphatic heterocycles. The van der Waals surface area contributed by atoms with E-state index in [9.17, 15) is 9.90 Å². The van der Waals surface area contributed by atoms with Crippen LogP contribution in [0.2, 0.25) is 5.02 Å². The minimum atomic E-state index is -0.746. The maximum Gasteiger partial charge on any atom is 0.258 e. The van der Waals surface area contributed by atoms with Gasteiger partial charge < -0.3 is 21.1 Å². The van der Waals surface area contributed by atoms with Crippen molar-refractivity contribution in [1.82, 2.24) is 24.9 Å². The Bertz CT molecular complexity index is 1250. The number of hydrogen-bond acceptors (Lipinski definition) is 7. The lowest BCUT2D eigenvalue weighted by molar-refractivity contribution is 0.0824. The van der Waals surface area contributed by atoms with Crippen LogP contribution >= 0.6 is 11.6 Å². The van der Waals surface area contributed by atoms with Gasteiger partial charge in [-0.3, -0.25) is 4.79 Å². The molecule has 2 aliphatic rings. The van der Waals surface area contributed by atoms with Gasteiger partial charge in [-0.2, -0.15) is 0 Å². The smallest absolute Gasteiger partial charge is 0.258 e. The quantitative estimate of drug-likeness (QED) is 0.501. The fraction of sp³-hybridized carbons (Fsp3) is 0.364. The molecule has 1 saturated carbocycles. The zero-order valence-electron chi connectivity index (χ0n) is 18.1. The number of amides is 1. The summed E-state index contributed by atoms with van der Waals surface area (Å²) in [5.74, 6) is -0.676. The highest BCUT2D eigenvalue weighted by molar-refractivity contribution is 6.34. The van der Waals surface area contributed by atoms with Crippen LogP contribution in [0.25, 0.3) is 11.1 Å². The Kier molecular flexibility index (Phi) is 5.02. The average molecular weight is 472 g/mol. The Morgan fingerprint density at radius 1 is 1.36 bits per heavy atom. The summed E-state index contributed by atoms with van der Waals surface area (Å²) in [6, 6.07) is 2.73.